The van der Waals surface area contributed by atoms with Crippen molar-refractivity contribution in [3.8, 4) is 24.2 Å². The summed E-state index contributed by atoms with van der Waals surface area (Å²) in [5.41, 5.74) is 8.54. The molecule has 8 aliphatic heterocycles. The van der Waals surface area contributed by atoms with Crippen LogP contribution in [0.3, 0.4) is 0 Å². The van der Waals surface area contributed by atoms with Gasteiger partial charge in [0.25, 0.3) is 0 Å². The number of para-hydroxylation sites is 4. The third-order valence-corrected chi connectivity index (χ3v) is 27.7. The summed E-state index contributed by atoms with van der Waals surface area (Å²) in [6, 6.07) is 38.0. The van der Waals surface area contributed by atoms with Gasteiger partial charge in [0, 0.05) is 190 Å². The Balaban J connectivity index is 0.000000170. The minimum absolute atomic E-state index is 0. The smallest absolute Gasteiger partial charge is 0.410 e. The molecule has 8 fully saturated rings. The summed E-state index contributed by atoms with van der Waals surface area (Å²) >= 11 is 3.57. The average Bonchev–Trinajstić information content (AvgIpc) is 1.60. The van der Waals surface area contributed by atoms with Crippen molar-refractivity contribution in [2.75, 3.05) is 78.8 Å². The number of nitrogens with zero attached hydrogens (tertiary/aromatic N) is 11. The average molecular weight is 2210 g/mol. The van der Waals surface area contributed by atoms with Crippen molar-refractivity contribution in [3.63, 3.8) is 0 Å². The first kappa shape index (κ1) is 115. The van der Waals surface area contributed by atoms with Crippen LogP contribution < -0.4 is 26.6 Å². The number of ether oxygens (including phenoxy) is 7. The summed E-state index contributed by atoms with van der Waals surface area (Å²) in [4.78, 5) is 157. The van der Waals surface area contributed by atoms with Crippen molar-refractivity contribution < 1.29 is 120 Å². The van der Waals surface area contributed by atoms with Crippen molar-refractivity contribution in [2.45, 2.75) is 264 Å². The second-order valence-corrected chi connectivity index (χ2v) is 41.7. The Morgan fingerprint density at radius 2 is 0.700 bits per heavy atom. The van der Waals surface area contributed by atoms with Gasteiger partial charge in [-0.05, 0) is 254 Å². The van der Waals surface area contributed by atoms with Gasteiger partial charge in [-0.25, -0.2) is 34.3 Å². The molecule has 8 aliphatic rings. The van der Waals surface area contributed by atoms with Crippen LogP contribution in [-0.4, -0.2) is 238 Å². The molecule has 795 valence electrons. The fraction of sp³-hybridized carbons (Fsp3) is 0.469. The molecule has 12 aromatic rings. The van der Waals surface area contributed by atoms with E-state index < -0.39 is 41.0 Å². The van der Waals surface area contributed by atoms with E-state index >= 15 is 0 Å². The van der Waals surface area contributed by atoms with E-state index in [-0.39, 0.29) is 149 Å². The third kappa shape index (κ3) is 28.6. The molecular formula is C113H137BrClN16O18Y-. The van der Waals surface area contributed by atoms with Crippen LogP contribution in [0.2, 0.25) is 0 Å². The van der Waals surface area contributed by atoms with Gasteiger partial charge in [0.05, 0.1) is 46.5 Å². The van der Waals surface area contributed by atoms with Crippen LogP contribution in [0.15, 0.2) is 151 Å². The molecule has 0 spiro atoms. The Kier molecular flexibility index (Phi) is 40.4. The van der Waals surface area contributed by atoms with Gasteiger partial charge in [-0.1, -0.05) is 98.0 Å². The van der Waals surface area contributed by atoms with E-state index in [9.17, 15) is 52.7 Å². The van der Waals surface area contributed by atoms with Gasteiger partial charge in [0.2, 0.25) is 47.3 Å². The monoisotopic (exact) mass is 2210 g/mol. The molecule has 8 saturated heterocycles. The minimum atomic E-state index is -0.513. The van der Waals surface area contributed by atoms with E-state index in [1.807, 2.05) is 190 Å². The summed E-state index contributed by atoms with van der Waals surface area (Å²) in [7, 11) is 1.25. The number of terminal acetylenes is 1. The number of piperidine rings is 8. The Bertz CT molecular complexity index is 7000. The number of hydrogen-bond donors (Lipinski definition) is 5. The first-order valence-electron chi connectivity index (χ1n) is 51.7. The summed E-state index contributed by atoms with van der Waals surface area (Å²) in [6.45, 7) is 24.7. The molecule has 20 rings (SSSR count). The summed E-state index contributed by atoms with van der Waals surface area (Å²) in [5, 5.41) is 21.4. The number of amides is 11. The molecule has 4 unspecified atom stereocenters. The van der Waals surface area contributed by atoms with E-state index in [0.29, 0.717) is 109 Å². The van der Waals surface area contributed by atoms with Crippen molar-refractivity contribution in [2.24, 2.45) is 0 Å². The van der Waals surface area contributed by atoms with Crippen LogP contribution >= 0.6 is 28.3 Å². The Labute approximate surface area is 915 Å². The third-order valence-electron chi connectivity index (χ3n) is 27.0. The Morgan fingerprint density at radius 1 is 0.407 bits per heavy atom. The number of aryl methyl sites for hydroxylation is 2. The molecule has 1 radical (unpaired) electrons. The predicted octanol–water partition coefficient (Wildman–Crippen LogP) is 17.8. The number of rotatable bonds is 18. The van der Waals surface area contributed by atoms with Gasteiger partial charge < -0.3 is 78.9 Å². The van der Waals surface area contributed by atoms with Crippen molar-refractivity contribution in [1.29, 1.82) is 0 Å². The number of hydrogen-bond acceptors (Lipinski definition) is 23. The summed E-state index contributed by atoms with van der Waals surface area (Å²) < 4.78 is 54.5. The van der Waals surface area contributed by atoms with Crippen LogP contribution in [0, 0.1) is 31.6 Å². The molecule has 4 atom stereocenters. The number of likely N-dealkylation sites (tertiary alicyclic amines) is 3. The zero-order chi connectivity index (χ0) is 105. The second kappa shape index (κ2) is 52.7. The van der Waals surface area contributed by atoms with Gasteiger partial charge in [-0.15, -0.1) is 18.8 Å². The quantitative estimate of drug-likeness (QED) is 0.0175. The largest absolute Gasteiger partial charge is 0.444 e. The van der Waals surface area contributed by atoms with Crippen molar-refractivity contribution in [1.82, 2.24) is 79.5 Å². The standard InChI is InChI=1S/C29H36N4O5.C29H32N4O5.C24H28N4O3.C16H12BrN3O2.C13H21NO3.CH4.CH3.ClH.Y/c2*1-29(2,3)38-28(36)32-16-13-20(14-17-32)37-18-6-7-19-12-15-30-26-25(19)21-8-4-5-9-22(21)33(26)23-10-11-24(34)31-27(23)35;29-21-8-7-20(24(30)27-21)28-19-6-2-1-5-18(19)22-16(9-14-26-23(22)28)4-3-15-31-17-10-12-25-13-11-17;17-10-7-8-18-15-14(10)9-3-1-2-4-11(9)20(15)12-5-6-13(21)19-16(12)22;1-5-10-16-11-6-8-14(9-7-11)12(15)17-13(2,3)4;;;;/h4-5,8-9,12,15,20,23H,6-7,10-11,13-14,16-18H2,1-3H3,(H,31,34,35);4-5,8-9,12,15,20,23H,10-11,13-14,16-18H2,1-3H3,(H,31,34,35);1-2,5-6,9,14,17,20,25H,3-4,7-8,10-13,15H2,(H,27,29,30);1-4,7-8,12H,5-6H2,(H,19,21,22);1,11H,6-10H2,2-4H3;1H4;1H3;1H;/q;;;;;;-1;;/i;;;;;1T;;;. The van der Waals surface area contributed by atoms with Crippen molar-refractivity contribution >= 4 is 182 Å². The number of imide groups is 4. The second-order valence-electron chi connectivity index (χ2n) is 40.8. The van der Waals surface area contributed by atoms with E-state index in [0.717, 1.165) is 189 Å². The number of carbonyl (C=O) groups is 11. The SMILES string of the molecule is C#CCOC1CCN(C(=O)OC(C)(C)C)CC1.CC(C)(C)OC(=O)N1CCC(OCC#Cc2ccnc3c2c2ccccc2n3C2CCC(=O)NC2=O)CC1.CC(C)(C)OC(=O)N1CCC(OCCCc2ccnc3c2c2ccccc2n3C2CCC(=O)NC2=O)CC1.Cl.O=C1CCC(n2c3ccccc3c3c(Br)ccnc32)C(=O)N1.O=C1CCC(n2c3ccccc3c3c(CCCOC4CCNCC4)ccnc32)C(=O)N1.[3H]C.[CH3-].[Y]. The predicted molar refractivity (Wildman–Crippen MR) is 577 cm³/mol. The zero-order valence-corrected chi connectivity index (χ0v) is 92.6. The summed E-state index contributed by atoms with van der Waals surface area (Å²) in [5.74, 6) is 6.84. The summed E-state index contributed by atoms with van der Waals surface area (Å²) in [6.07, 6.45) is 25.7. The van der Waals surface area contributed by atoms with Crippen molar-refractivity contribution in [3.05, 3.63) is 175 Å². The molecule has 0 bridgehead atoms. The molecular weight excluding hydrogens is 2070 g/mol. The van der Waals surface area contributed by atoms with Gasteiger partial charge in [-0.2, -0.15) is 0 Å². The normalized spacial score (nSPS) is 18.7. The maximum Gasteiger partial charge on any atom is 0.410 e. The maximum absolute atomic E-state index is 12.7. The molecule has 37 heteroatoms. The number of nitrogens with one attached hydrogen (secondary N) is 5. The van der Waals surface area contributed by atoms with E-state index in [4.69, 9.17) is 41.0 Å². The van der Waals surface area contributed by atoms with Crippen LogP contribution in [0.4, 0.5) is 14.4 Å². The number of benzene rings is 4. The van der Waals surface area contributed by atoms with E-state index in [1.54, 1.807) is 33.3 Å². The fourth-order valence-electron chi connectivity index (χ4n) is 20.3. The van der Waals surface area contributed by atoms with Crippen LogP contribution in [0.5, 0.6) is 0 Å². The van der Waals surface area contributed by atoms with Crippen LogP contribution in [-0.2, 0) is 117 Å². The molecule has 4 aromatic carbocycles. The van der Waals surface area contributed by atoms with Gasteiger partial charge in [-0.3, -0.25) is 59.6 Å². The molecule has 5 N–H and O–H groups in total. The molecule has 11 amide bonds. The number of carbonyl (C=O) groups excluding carboxylic acids is 11. The number of pyridine rings is 4. The number of aromatic nitrogens is 8. The molecule has 34 nitrogen and oxygen atoms in total. The Morgan fingerprint density at radius 3 is 1.04 bits per heavy atom. The van der Waals surface area contributed by atoms with E-state index in [1.165, 1.54) is 18.5 Å². The van der Waals surface area contributed by atoms with Gasteiger partial charge in [0.1, 0.15) is 76.8 Å². The fourth-order valence-corrected chi connectivity index (χ4v) is 20.8. The maximum atomic E-state index is 12.7. The van der Waals surface area contributed by atoms with Gasteiger partial charge in [0.15, 0.2) is 0 Å². The zero-order valence-electron chi connectivity index (χ0n) is 88.3. The molecule has 0 aliphatic carbocycles. The number of halogens is 2. The first-order valence-corrected chi connectivity index (χ1v) is 51.5. The van der Waals surface area contributed by atoms with Crippen LogP contribution in [0.1, 0.15) is 228 Å². The van der Waals surface area contributed by atoms with E-state index in [2.05, 4.69) is 98.4 Å². The van der Waals surface area contributed by atoms with Crippen LogP contribution in [0.25, 0.3) is 87.7 Å². The van der Waals surface area contributed by atoms with Gasteiger partial charge >= 0.3 is 18.3 Å². The molecule has 0 saturated carbocycles. The molecule has 150 heavy (non-hydrogen) atoms. The number of fused-ring (bicyclic) bond motifs is 12. The molecule has 8 aromatic heterocycles. The Hall–Kier alpha value is -12.2. The first-order chi connectivity index (χ1) is 71.2. The molecule has 16 heterocycles. The topological polar surface area (TPSA) is 394 Å². The minimum Gasteiger partial charge on any atom is -0.444 e.